The molecule has 0 atom stereocenters. The molecule has 0 bridgehead atoms. The maximum atomic E-state index is 13.8. The first-order valence-corrected chi connectivity index (χ1v) is 8.03. The summed E-state index contributed by atoms with van der Waals surface area (Å²) in [5.74, 6) is 1.01. The number of hydrogen-bond acceptors (Lipinski definition) is 4. The minimum atomic E-state index is -0.233. The van der Waals surface area contributed by atoms with Crippen LogP contribution in [0.25, 0.3) is 33.5 Å². The summed E-state index contributed by atoms with van der Waals surface area (Å²) in [6, 6.07) is 10.7. The van der Waals surface area contributed by atoms with Crippen molar-refractivity contribution in [3.63, 3.8) is 0 Å². The van der Waals surface area contributed by atoms with Crippen molar-refractivity contribution in [1.29, 1.82) is 0 Å². The third kappa shape index (κ3) is 2.57. The number of fused-ring (bicyclic) bond motifs is 1. The largest absolute Gasteiger partial charge is 0.493 e. The van der Waals surface area contributed by atoms with Crippen LogP contribution in [0.2, 0.25) is 0 Å². The van der Waals surface area contributed by atoms with E-state index in [1.54, 1.807) is 27.2 Å². The summed E-state index contributed by atoms with van der Waals surface area (Å²) in [6.07, 6.45) is 0. The van der Waals surface area contributed by atoms with E-state index in [4.69, 9.17) is 9.47 Å². The number of benzene rings is 2. The molecule has 0 amide bonds. The van der Waals surface area contributed by atoms with Gasteiger partial charge < -0.3 is 14.5 Å². The number of aryl methyl sites for hydroxylation is 1. The van der Waals surface area contributed by atoms with Crippen LogP contribution >= 0.6 is 0 Å². The molecule has 0 saturated carbocycles. The Morgan fingerprint density at radius 3 is 2.46 bits per heavy atom. The zero-order valence-electron chi connectivity index (χ0n) is 14.6. The quantitative estimate of drug-likeness (QED) is 0.580. The summed E-state index contributed by atoms with van der Waals surface area (Å²) in [5, 5.41) is 12.0. The van der Waals surface area contributed by atoms with Crippen LogP contribution in [0.5, 0.6) is 11.5 Å². The Morgan fingerprint density at radius 1 is 0.923 bits per heavy atom. The summed E-state index contributed by atoms with van der Waals surface area (Å²) in [4.78, 5) is 3.28. The molecule has 4 aromatic rings. The zero-order chi connectivity index (χ0) is 18.3. The number of H-pyrrole nitrogens is 2. The predicted molar refractivity (Wildman–Crippen MR) is 96.9 cm³/mol. The molecule has 4 rings (SSSR count). The molecule has 132 valence electrons. The van der Waals surface area contributed by atoms with Crippen LogP contribution in [0.4, 0.5) is 4.39 Å². The van der Waals surface area contributed by atoms with Crippen LogP contribution in [0, 0.1) is 12.7 Å². The lowest BCUT2D eigenvalue weighted by atomic mass is 10.1. The molecule has 6 nitrogen and oxygen atoms in total. The summed E-state index contributed by atoms with van der Waals surface area (Å²) in [6.45, 7) is 1.74. The number of nitrogens with one attached hydrogen (secondary N) is 2. The lowest BCUT2D eigenvalue weighted by molar-refractivity contribution is 0.355. The fourth-order valence-electron chi connectivity index (χ4n) is 2.99. The second-order valence-corrected chi connectivity index (χ2v) is 5.96. The Bertz CT molecular complexity index is 1060. The first kappa shape index (κ1) is 16.1. The predicted octanol–water partition coefficient (Wildman–Crippen LogP) is 4.08. The molecule has 0 aliphatic carbocycles. The van der Waals surface area contributed by atoms with Gasteiger partial charge in [-0.25, -0.2) is 4.39 Å². The molecule has 2 aromatic heterocycles. The van der Waals surface area contributed by atoms with Gasteiger partial charge in [0.25, 0.3) is 0 Å². The molecule has 26 heavy (non-hydrogen) atoms. The first-order valence-electron chi connectivity index (χ1n) is 8.03. The molecule has 2 N–H and O–H groups in total. The Labute approximate surface area is 149 Å². The Kier molecular flexibility index (Phi) is 3.84. The second-order valence-electron chi connectivity index (χ2n) is 5.96. The molecule has 0 fully saturated rings. The zero-order valence-corrected chi connectivity index (χ0v) is 14.6. The van der Waals surface area contributed by atoms with Crippen LogP contribution in [0.3, 0.4) is 0 Å². The van der Waals surface area contributed by atoms with E-state index in [1.165, 1.54) is 6.07 Å². The van der Waals surface area contributed by atoms with Gasteiger partial charge in [0.2, 0.25) is 0 Å². The number of ether oxygens (including phenoxy) is 2. The highest BCUT2D eigenvalue weighted by molar-refractivity contribution is 5.88. The number of aromatic nitrogens is 4. The third-order valence-electron chi connectivity index (χ3n) is 4.36. The van der Waals surface area contributed by atoms with Crippen molar-refractivity contribution in [2.75, 3.05) is 14.2 Å². The van der Waals surface area contributed by atoms with Crippen molar-refractivity contribution in [2.24, 2.45) is 0 Å². The maximum Gasteiger partial charge on any atom is 0.161 e. The van der Waals surface area contributed by atoms with Crippen molar-refractivity contribution in [2.45, 2.75) is 6.92 Å². The van der Waals surface area contributed by atoms with Crippen LogP contribution in [-0.4, -0.2) is 34.6 Å². The van der Waals surface area contributed by atoms with Crippen molar-refractivity contribution in [3.05, 3.63) is 47.8 Å². The summed E-state index contributed by atoms with van der Waals surface area (Å²) < 4.78 is 24.5. The van der Waals surface area contributed by atoms with E-state index in [2.05, 4.69) is 20.4 Å². The van der Waals surface area contributed by atoms with Gasteiger partial charge >= 0.3 is 0 Å². The molecule has 2 aromatic carbocycles. The Hall–Kier alpha value is -3.35. The van der Waals surface area contributed by atoms with E-state index in [9.17, 15) is 4.39 Å². The minimum absolute atomic E-state index is 0.233. The minimum Gasteiger partial charge on any atom is -0.493 e. The van der Waals surface area contributed by atoms with Crippen LogP contribution < -0.4 is 9.47 Å². The highest BCUT2D eigenvalue weighted by Gasteiger charge is 2.17. The van der Waals surface area contributed by atoms with Crippen molar-refractivity contribution in [3.8, 4) is 34.1 Å². The van der Waals surface area contributed by atoms with Crippen LogP contribution in [0.1, 0.15) is 5.56 Å². The summed E-state index contributed by atoms with van der Waals surface area (Å²) >= 11 is 0. The Balaban J connectivity index is 1.83. The molecule has 7 heteroatoms. The smallest absolute Gasteiger partial charge is 0.161 e. The van der Waals surface area contributed by atoms with Gasteiger partial charge in [-0.3, -0.25) is 0 Å². The molecule has 0 spiro atoms. The number of methoxy groups -OCH3 is 2. The van der Waals surface area contributed by atoms with Gasteiger partial charge in [0.15, 0.2) is 11.5 Å². The average molecular weight is 352 g/mol. The molecule has 0 radical (unpaired) electrons. The van der Waals surface area contributed by atoms with Gasteiger partial charge in [-0.15, -0.1) is 0 Å². The van der Waals surface area contributed by atoms with E-state index in [0.717, 1.165) is 22.2 Å². The SMILES string of the molecule is COc1ccc(-c2n[nH]nc2-c2cc3cc(F)c(C)cc3[nH]2)cc1OC. The normalized spacial score (nSPS) is 11.1. The van der Waals surface area contributed by atoms with Gasteiger partial charge in [-0.05, 0) is 48.9 Å². The van der Waals surface area contributed by atoms with Gasteiger partial charge in [-0.1, -0.05) is 0 Å². The van der Waals surface area contributed by atoms with Gasteiger partial charge in [0.1, 0.15) is 17.2 Å². The second kappa shape index (κ2) is 6.18. The molecule has 2 heterocycles. The first-order chi connectivity index (χ1) is 12.6. The molecule has 0 saturated heterocycles. The van der Waals surface area contributed by atoms with Crippen molar-refractivity contribution < 1.29 is 13.9 Å². The lowest BCUT2D eigenvalue weighted by Gasteiger charge is -2.08. The number of halogens is 1. The topological polar surface area (TPSA) is 75.8 Å². The molecular weight excluding hydrogens is 335 g/mol. The highest BCUT2D eigenvalue weighted by atomic mass is 19.1. The van der Waals surface area contributed by atoms with E-state index in [1.807, 2.05) is 24.3 Å². The van der Waals surface area contributed by atoms with Crippen LogP contribution in [-0.2, 0) is 0 Å². The molecule has 0 unspecified atom stereocenters. The van der Waals surface area contributed by atoms with Gasteiger partial charge in [-0.2, -0.15) is 15.4 Å². The standard InChI is InChI=1S/C19H17FN4O2/c1-10-6-14-12(7-13(10)20)8-15(21-14)19-18(22-24-23-19)11-4-5-16(25-2)17(9-11)26-3/h4-9,21H,1-3H3,(H,22,23,24). The van der Waals surface area contributed by atoms with E-state index >= 15 is 0 Å². The Morgan fingerprint density at radius 2 is 1.69 bits per heavy atom. The summed E-state index contributed by atoms with van der Waals surface area (Å²) in [5.41, 5.74) is 4.32. The molecule has 0 aliphatic rings. The lowest BCUT2D eigenvalue weighted by Crippen LogP contribution is -1.91. The number of nitrogens with zero attached hydrogens (tertiary/aromatic N) is 2. The molecule has 0 aliphatic heterocycles. The van der Waals surface area contributed by atoms with E-state index in [-0.39, 0.29) is 5.82 Å². The summed E-state index contributed by atoms with van der Waals surface area (Å²) in [7, 11) is 3.17. The number of hydrogen-bond donors (Lipinski definition) is 2. The van der Waals surface area contributed by atoms with E-state index < -0.39 is 0 Å². The van der Waals surface area contributed by atoms with Gasteiger partial charge in [0.05, 0.1) is 19.9 Å². The average Bonchev–Trinajstić information content (AvgIpc) is 3.28. The van der Waals surface area contributed by atoms with E-state index in [0.29, 0.717) is 28.5 Å². The number of aromatic amines is 2. The fraction of sp³-hybridized carbons (Fsp3) is 0.158. The van der Waals surface area contributed by atoms with Crippen molar-refractivity contribution in [1.82, 2.24) is 20.4 Å². The van der Waals surface area contributed by atoms with Crippen molar-refractivity contribution >= 4 is 10.9 Å². The monoisotopic (exact) mass is 352 g/mol. The fourth-order valence-corrected chi connectivity index (χ4v) is 2.99. The maximum absolute atomic E-state index is 13.8. The van der Waals surface area contributed by atoms with Crippen LogP contribution in [0.15, 0.2) is 36.4 Å². The highest BCUT2D eigenvalue weighted by Crippen LogP contribution is 2.35. The molecular formula is C19H17FN4O2. The third-order valence-corrected chi connectivity index (χ3v) is 4.36. The number of rotatable bonds is 4. The van der Waals surface area contributed by atoms with Gasteiger partial charge in [0, 0.05) is 16.5 Å².